The number of hydrogen-bond acceptors (Lipinski definition) is 2. The van der Waals surface area contributed by atoms with Crippen LogP contribution in [0.15, 0.2) is 66.3 Å². The maximum Gasteiger partial charge on any atom is 0.0201 e. The molecule has 1 rings (SSSR count). The summed E-state index contributed by atoms with van der Waals surface area (Å²) < 4.78 is 0. The minimum Gasteiger partial charge on any atom is -0.404 e. The van der Waals surface area contributed by atoms with Gasteiger partial charge in [-0.25, -0.2) is 0 Å². The van der Waals surface area contributed by atoms with Crippen LogP contribution in [0.5, 0.6) is 0 Å². The van der Waals surface area contributed by atoms with Gasteiger partial charge in [0.1, 0.15) is 0 Å². The fourth-order valence-electron chi connectivity index (χ4n) is 2.18. The van der Waals surface area contributed by atoms with E-state index < -0.39 is 0 Å². The summed E-state index contributed by atoms with van der Waals surface area (Å²) in [5.74, 6) is 0.137. The first-order chi connectivity index (χ1) is 9.65. The fourth-order valence-corrected chi connectivity index (χ4v) is 2.51. The van der Waals surface area contributed by atoms with E-state index in [1.165, 1.54) is 11.1 Å². The molecule has 0 bridgehead atoms. The quantitative estimate of drug-likeness (QED) is 0.435. The van der Waals surface area contributed by atoms with Gasteiger partial charge in [0, 0.05) is 5.92 Å². The van der Waals surface area contributed by atoms with Crippen molar-refractivity contribution >= 4 is 18.2 Å². The molecule has 0 aliphatic rings. The molecule has 0 aliphatic heterocycles. The van der Waals surface area contributed by atoms with E-state index in [9.17, 15) is 0 Å². The molecule has 0 fully saturated rings. The Morgan fingerprint density at radius 2 is 2.10 bits per heavy atom. The summed E-state index contributed by atoms with van der Waals surface area (Å²) in [6, 6.07) is 8.26. The van der Waals surface area contributed by atoms with E-state index in [-0.39, 0.29) is 5.92 Å². The smallest absolute Gasteiger partial charge is 0.0201 e. The van der Waals surface area contributed by atoms with Crippen LogP contribution in [0.1, 0.15) is 24.5 Å². The molecule has 0 radical (unpaired) electrons. The molecule has 106 valence electrons. The molecule has 0 aliphatic carbocycles. The molecule has 0 amide bonds. The summed E-state index contributed by atoms with van der Waals surface area (Å²) in [6.07, 6.45) is 10.4. The molecule has 0 saturated heterocycles. The summed E-state index contributed by atoms with van der Waals surface area (Å²) in [4.78, 5) is 0.989. The van der Waals surface area contributed by atoms with Crippen molar-refractivity contribution in [2.75, 3.05) is 0 Å². The van der Waals surface area contributed by atoms with Crippen molar-refractivity contribution in [2.45, 2.75) is 20.3 Å². The topological polar surface area (TPSA) is 26.0 Å². The predicted octanol–water partition coefficient (Wildman–Crippen LogP) is 4.88. The lowest BCUT2D eigenvalue weighted by Crippen LogP contribution is -2.07. The number of hydrogen-bond donors (Lipinski definition) is 2. The highest BCUT2D eigenvalue weighted by atomic mass is 32.1. The monoisotopic (exact) mass is 285 g/mol. The first-order valence-electron chi connectivity index (χ1n) is 6.76. The summed E-state index contributed by atoms with van der Waals surface area (Å²) >= 11 is 4.64. The van der Waals surface area contributed by atoms with Crippen LogP contribution in [0, 0.1) is 12.8 Å². The third-order valence-corrected chi connectivity index (χ3v) is 3.69. The number of allylic oxidation sites excluding steroid dienone is 6. The number of thiol groups is 1. The van der Waals surface area contributed by atoms with Crippen molar-refractivity contribution in [1.82, 2.24) is 0 Å². The fraction of sp³-hybridized carbons (Fsp3) is 0.222. The van der Waals surface area contributed by atoms with Crippen molar-refractivity contribution in [1.29, 1.82) is 0 Å². The molecule has 1 unspecified atom stereocenters. The van der Waals surface area contributed by atoms with E-state index in [1.807, 2.05) is 43.4 Å². The van der Waals surface area contributed by atoms with Gasteiger partial charge in [0.05, 0.1) is 0 Å². The maximum atomic E-state index is 5.90. The van der Waals surface area contributed by atoms with Crippen LogP contribution in [-0.4, -0.2) is 0 Å². The van der Waals surface area contributed by atoms with Crippen LogP contribution in [0.3, 0.4) is 0 Å². The van der Waals surface area contributed by atoms with Crippen molar-refractivity contribution in [3.05, 3.63) is 77.4 Å². The standard InChI is InChI=1S/C18H23NS/c1-4-6-12-18(20)16(9-5-2)17(13-19)15-11-8-7-10-14(15)3/h4-8,10-13,16,20H,2,9,19H2,1,3H3/b6-4-,17-13+,18-12-. The Bertz CT molecular complexity index is 538. The molecule has 1 nitrogen and oxygen atoms in total. The maximum absolute atomic E-state index is 5.90. The second kappa shape index (κ2) is 8.49. The van der Waals surface area contributed by atoms with Gasteiger partial charge in [-0.05, 0) is 48.1 Å². The summed E-state index contributed by atoms with van der Waals surface area (Å²) in [5.41, 5.74) is 9.37. The molecule has 1 aromatic rings. The minimum atomic E-state index is 0.137. The number of aryl methyl sites for hydroxylation is 1. The van der Waals surface area contributed by atoms with Gasteiger partial charge in [-0.1, -0.05) is 48.6 Å². The van der Waals surface area contributed by atoms with E-state index >= 15 is 0 Å². The lowest BCUT2D eigenvalue weighted by atomic mass is 9.87. The molecule has 20 heavy (non-hydrogen) atoms. The summed E-state index contributed by atoms with van der Waals surface area (Å²) in [6.45, 7) is 7.93. The van der Waals surface area contributed by atoms with Crippen molar-refractivity contribution in [3.8, 4) is 0 Å². The average molecular weight is 285 g/mol. The highest BCUT2D eigenvalue weighted by Gasteiger charge is 2.18. The molecule has 0 saturated carbocycles. The van der Waals surface area contributed by atoms with Crippen LogP contribution < -0.4 is 5.73 Å². The van der Waals surface area contributed by atoms with Gasteiger partial charge >= 0.3 is 0 Å². The molecular weight excluding hydrogens is 262 g/mol. The third-order valence-electron chi connectivity index (χ3n) is 3.23. The zero-order chi connectivity index (χ0) is 15.0. The van der Waals surface area contributed by atoms with E-state index in [2.05, 4.69) is 38.3 Å². The van der Waals surface area contributed by atoms with Crippen molar-refractivity contribution < 1.29 is 0 Å². The van der Waals surface area contributed by atoms with Crippen LogP contribution in [-0.2, 0) is 0 Å². The highest BCUT2D eigenvalue weighted by Crippen LogP contribution is 2.34. The number of nitrogens with two attached hydrogens (primary N) is 1. The summed E-state index contributed by atoms with van der Waals surface area (Å²) in [5, 5.41) is 0. The SMILES string of the molecule is C=CCC(/C(S)=C/C=C\C)/C(=C/N)c1ccccc1C. The van der Waals surface area contributed by atoms with Crippen molar-refractivity contribution in [3.63, 3.8) is 0 Å². The van der Waals surface area contributed by atoms with Crippen LogP contribution in [0.2, 0.25) is 0 Å². The second-order valence-corrected chi connectivity index (χ2v) is 5.15. The Balaban J connectivity index is 3.24. The van der Waals surface area contributed by atoms with Crippen LogP contribution in [0.25, 0.3) is 5.57 Å². The number of benzene rings is 1. The lowest BCUT2D eigenvalue weighted by Gasteiger charge is -2.21. The Kier molecular flexibility index (Phi) is 6.96. The highest BCUT2D eigenvalue weighted by molar-refractivity contribution is 7.84. The van der Waals surface area contributed by atoms with Gasteiger partial charge in [-0.2, -0.15) is 0 Å². The molecule has 2 N–H and O–H groups in total. The Morgan fingerprint density at radius 3 is 2.65 bits per heavy atom. The van der Waals surface area contributed by atoms with E-state index in [1.54, 1.807) is 6.20 Å². The zero-order valence-electron chi connectivity index (χ0n) is 12.2. The minimum absolute atomic E-state index is 0.137. The Hall–Kier alpha value is -1.67. The van der Waals surface area contributed by atoms with Gasteiger partial charge in [-0.15, -0.1) is 19.2 Å². The molecule has 2 heteroatoms. The lowest BCUT2D eigenvalue weighted by molar-refractivity contribution is 0.839. The van der Waals surface area contributed by atoms with Crippen LogP contribution >= 0.6 is 12.6 Å². The van der Waals surface area contributed by atoms with Gasteiger partial charge in [0.2, 0.25) is 0 Å². The zero-order valence-corrected chi connectivity index (χ0v) is 13.1. The molecule has 1 aromatic carbocycles. The molecule has 0 heterocycles. The van der Waals surface area contributed by atoms with Gasteiger partial charge < -0.3 is 5.73 Å². The molecule has 1 atom stereocenters. The Labute approximate surface area is 128 Å². The van der Waals surface area contributed by atoms with Gasteiger partial charge in [0.25, 0.3) is 0 Å². The first-order valence-corrected chi connectivity index (χ1v) is 7.20. The molecular formula is C18H23NS. The largest absolute Gasteiger partial charge is 0.404 e. The van der Waals surface area contributed by atoms with Gasteiger partial charge in [-0.3, -0.25) is 0 Å². The first kappa shape index (κ1) is 16.4. The van der Waals surface area contributed by atoms with Crippen molar-refractivity contribution in [2.24, 2.45) is 11.7 Å². The van der Waals surface area contributed by atoms with E-state index in [0.29, 0.717) is 0 Å². The van der Waals surface area contributed by atoms with E-state index in [0.717, 1.165) is 16.9 Å². The molecule has 0 spiro atoms. The average Bonchev–Trinajstić information content (AvgIpc) is 2.46. The Morgan fingerprint density at radius 1 is 1.40 bits per heavy atom. The van der Waals surface area contributed by atoms with E-state index in [4.69, 9.17) is 5.73 Å². The second-order valence-electron chi connectivity index (χ2n) is 4.63. The number of rotatable bonds is 6. The predicted molar refractivity (Wildman–Crippen MR) is 93.5 cm³/mol. The van der Waals surface area contributed by atoms with Crippen LogP contribution in [0.4, 0.5) is 0 Å². The normalized spacial score (nSPS) is 14.6. The molecule has 0 aromatic heterocycles. The summed E-state index contributed by atoms with van der Waals surface area (Å²) in [7, 11) is 0. The van der Waals surface area contributed by atoms with Gasteiger partial charge in [0.15, 0.2) is 0 Å². The third kappa shape index (κ3) is 4.17.